The van der Waals surface area contributed by atoms with E-state index >= 15 is 0 Å². The lowest BCUT2D eigenvalue weighted by Gasteiger charge is -2.17. The van der Waals surface area contributed by atoms with Crippen molar-refractivity contribution in [2.24, 2.45) is 0 Å². The second-order valence-electron chi connectivity index (χ2n) is 7.21. The molecule has 3 aromatic heterocycles. The monoisotopic (exact) mass is 481 g/mol. The van der Waals surface area contributed by atoms with E-state index in [4.69, 9.17) is 5.73 Å². The van der Waals surface area contributed by atoms with Crippen LogP contribution in [0.15, 0.2) is 55.0 Å². The lowest BCUT2D eigenvalue weighted by molar-refractivity contribution is -0.142. The number of nitrogens with one attached hydrogen (secondary N) is 2. The number of halogens is 6. The Kier molecular flexibility index (Phi) is 5.94. The fraction of sp³-hybridized carbons (Fsp3) is 0.190. The van der Waals surface area contributed by atoms with Gasteiger partial charge in [0.1, 0.15) is 11.5 Å². The number of fused-ring (bicyclic) bond motifs is 1. The van der Waals surface area contributed by atoms with Gasteiger partial charge < -0.3 is 16.4 Å². The van der Waals surface area contributed by atoms with Crippen molar-refractivity contribution in [1.29, 1.82) is 0 Å². The summed E-state index contributed by atoms with van der Waals surface area (Å²) in [7, 11) is 0. The van der Waals surface area contributed by atoms with Crippen LogP contribution < -0.4 is 16.4 Å². The number of imidazole rings is 1. The first-order valence-corrected chi connectivity index (χ1v) is 9.84. The average molecular weight is 481 g/mol. The maximum atomic E-state index is 13.6. The first-order valence-electron chi connectivity index (χ1n) is 9.84. The number of aromatic nitrogens is 4. The summed E-state index contributed by atoms with van der Waals surface area (Å²) in [5.41, 5.74) is 2.87. The molecule has 4 aromatic rings. The maximum Gasteiger partial charge on any atom is 0.417 e. The molecular weight excluding hydrogens is 464 g/mol. The van der Waals surface area contributed by atoms with Crippen LogP contribution in [0.2, 0.25) is 0 Å². The zero-order chi connectivity index (χ0) is 24.5. The molecule has 7 nitrogen and oxygen atoms in total. The minimum absolute atomic E-state index is 0.0867. The van der Waals surface area contributed by atoms with E-state index in [1.54, 1.807) is 18.3 Å². The lowest BCUT2D eigenvalue weighted by atomic mass is 10.0. The standard InChI is InChI=1S/C21H17F6N7/c22-20(23,24)12-1-3-14(15(9-12)21(25,26)27)16-10-18-30-7-8-34(18)19(33-16)31-6-5-29-17-4-2-13(28)11-32-17/h1-4,7-11H,5-6,28H2,(H,29,32)(H,31,33). The van der Waals surface area contributed by atoms with Gasteiger partial charge >= 0.3 is 12.4 Å². The maximum absolute atomic E-state index is 13.6. The highest BCUT2D eigenvalue weighted by Crippen LogP contribution is 2.40. The van der Waals surface area contributed by atoms with Gasteiger partial charge in [-0.2, -0.15) is 26.3 Å². The van der Waals surface area contributed by atoms with Gasteiger partial charge in [-0.3, -0.25) is 4.40 Å². The van der Waals surface area contributed by atoms with Gasteiger partial charge in [0.15, 0.2) is 0 Å². The number of hydrogen-bond acceptors (Lipinski definition) is 6. The van der Waals surface area contributed by atoms with Crippen molar-refractivity contribution in [2.75, 3.05) is 29.5 Å². The number of hydrogen-bond donors (Lipinski definition) is 3. The average Bonchev–Trinajstić information content (AvgIpc) is 3.25. The van der Waals surface area contributed by atoms with Crippen LogP contribution in [0.25, 0.3) is 16.9 Å². The van der Waals surface area contributed by atoms with E-state index < -0.39 is 29.0 Å². The number of nitrogen functional groups attached to an aromatic ring is 1. The summed E-state index contributed by atoms with van der Waals surface area (Å²) >= 11 is 0. The zero-order valence-electron chi connectivity index (χ0n) is 17.2. The third-order valence-electron chi connectivity index (χ3n) is 4.82. The highest BCUT2D eigenvalue weighted by Gasteiger charge is 2.38. The Balaban J connectivity index is 1.63. The topological polar surface area (TPSA) is 93.2 Å². The Labute approximate surface area is 188 Å². The molecular formula is C21H17F6N7. The van der Waals surface area contributed by atoms with Gasteiger partial charge in [-0.25, -0.2) is 15.0 Å². The van der Waals surface area contributed by atoms with Crippen molar-refractivity contribution in [3.63, 3.8) is 0 Å². The molecule has 0 spiro atoms. The van der Waals surface area contributed by atoms with E-state index in [1.807, 2.05) is 0 Å². The molecule has 178 valence electrons. The Hall–Kier alpha value is -4.03. The molecule has 3 heterocycles. The number of benzene rings is 1. The van der Waals surface area contributed by atoms with E-state index in [-0.39, 0.29) is 23.4 Å². The molecule has 0 bridgehead atoms. The van der Waals surface area contributed by atoms with Gasteiger partial charge in [-0.05, 0) is 24.3 Å². The largest absolute Gasteiger partial charge is 0.417 e. The molecule has 0 aliphatic heterocycles. The number of alkyl halides is 6. The number of nitrogens with two attached hydrogens (primary N) is 1. The fourth-order valence-corrected chi connectivity index (χ4v) is 3.24. The van der Waals surface area contributed by atoms with Gasteiger partial charge in [0.2, 0.25) is 5.95 Å². The predicted octanol–water partition coefficient (Wildman–Crippen LogP) is 4.94. The minimum atomic E-state index is -5.02. The van der Waals surface area contributed by atoms with Crippen molar-refractivity contribution in [2.45, 2.75) is 12.4 Å². The molecule has 0 saturated carbocycles. The molecule has 4 rings (SSSR count). The summed E-state index contributed by atoms with van der Waals surface area (Å²) in [5.74, 6) is 0.746. The Bertz CT molecular complexity index is 1300. The van der Waals surface area contributed by atoms with Gasteiger partial charge in [0.25, 0.3) is 0 Å². The molecule has 0 aliphatic rings. The molecule has 0 atom stereocenters. The van der Waals surface area contributed by atoms with E-state index in [0.717, 1.165) is 6.07 Å². The van der Waals surface area contributed by atoms with Crippen molar-refractivity contribution in [1.82, 2.24) is 19.4 Å². The summed E-state index contributed by atoms with van der Waals surface area (Å²) < 4.78 is 81.5. The third kappa shape index (κ3) is 4.97. The first-order chi connectivity index (χ1) is 16.0. The molecule has 13 heteroatoms. The second-order valence-corrected chi connectivity index (χ2v) is 7.21. The van der Waals surface area contributed by atoms with Crippen LogP contribution in [0.5, 0.6) is 0 Å². The Morgan fingerprint density at radius 3 is 2.32 bits per heavy atom. The van der Waals surface area contributed by atoms with Crippen molar-refractivity contribution < 1.29 is 26.3 Å². The van der Waals surface area contributed by atoms with Crippen molar-refractivity contribution >= 4 is 23.1 Å². The molecule has 4 N–H and O–H groups in total. The quantitative estimate of drug-likeness (QED) is 0.267. The van der Waals surface area contributed by atoms with Crippen molar-refractivity contribution in [3.8, 4) is 11.3 Å². The van der Waals surface area contributed by atoms with Gasteiger partial charge in [-0.15, -0.1) is 0 Å². The fourth-order valence-electron chi connectivity index (χ4n) is 3.24. The molecule has 34 heavy (non-hydrogen) atoms. The molecule has 0 unspecified atom stereocenters. The van der Waals surface area contributed by atoms with Crippen LogP contribution in [0.3, 0.4) is 0 Å². The summed E-state index contributed by atoms with van der Waals surface area (Å²) in [6.45, 7) is 0.683. The van der Waals surface area contributed by atoms with E-state index in [1.165, 1.54) is 22.9 Å². The van der Waals surface area contributed by atoms with Crippen LogP contribution in [0.1, 0.15) is 11.1 Å². The smallest absolute Gasteiger partial charge is 0.397 e. The van der Waals surface area contributed by atoms with E-state index in [2.05, 4.69) is 25.6 Å². The SMILES string of the molecule is Nc1ccc(NCCNc2nc(-c3ccc(C(F)(F)F)cc3C(F)(F)F)cc3nccn23)nc1. The molecule has 0 radical (unpaired) electrons. The number of rotatable bonds is 6. The van der Waals surface area contributed by atoms with Crippen LogP contribution in [0, 0.1) is 0 Å². The molecule has 0 fully saturated rings. The van der Waals surface area contributed by atoms with Gasteiger partial charge in [0, 0.05) is 37.1 Å². The second kappa shape index (κ2) is 8.72. The van der Waals surface area contributed by atoms with Crippen LogP contribution in [-0.2, 0) is 12.4 Å². The Morgan fingerprint density at radius 1 is 0.882 bits per heavy atom. The van der Waals surface area contributed by atoms with Crippen molar-refractivity contribution in [3.05, 3.63) is 66.1 Å². The molecule has 0 saturated heterocycles. The first kappa shape index (κ1) is 23.1. The molecule has 0 aliphatic carbocycles. The Morgan fingerprint density at radius 2 is 1.65 bits per heavy atom. The zero-order valence-corrected chi connectivity index (χ0v) is 17.2. The summed E-state index contributed by atoms with van der Waals surface area (Å²) in [4.78, 5) is 12.4. The normalized spacial score (nSPS) is 12.2. The third-order valence-corrected chi connectivity index (χ3v) is 4.82. The summed E-state index contributed by atoms with van der Waals surface area (Å²) in [6, 6.07) is 6.09. The summed E-state index contributed by atoms with van der Waals surface area (Å²) in [5, 5.41) is 6.04. The lowest BCUT2D eigenvalue weighted by Crippen LogP contribution is -2.17. The molecule has 0 amide bonds. The van der Waals surface area contributed by atoms with Crippen LogP contribution in [-0.4, -0.2) is 32.4 Å². The van der Waals surface area contributed by atoms with Crippen LogP contribution in [0.4, 0.5) is 43.8 Å². The minimum Gasteiger partial charge on any atom is -0.397 e. The van der Waals surface area contributed by atoms with Gasteiger partial charge in [0.05, 0.1) is 28.7 Å². The van der Waals surface area contributed by atoms with Crippen LogP contribution >= 0.6 is 0 Å². The highest BCUT2D eigenvalue weighted by atomic mass is 19.4. The van der Waals surface area contributed by atoms with E-state index in [0.29, 0.717) is 30.7 Å². The van der Waals surface area contributed by atoms with E-state index in [9.17, 15) is 26.3 Å². The highest BCUT2D eigenvalue weighted by molar-refractivity contribution is 5.70. The predicted molar refractivity (Wildman–Crippen MR) is 114 cm³/mol. The number of anilines is 3. The number of pyridine rings is 1. The van der Waals surface area contributed by atoms with Gasteiger partial charge in [-0.1, -0.05) is 6.07 Å². The molecule has 1 aromatic carbocycles. The number of nitrogens with zero attached hydrogens (tertiary/aromatic N) is 4. The summed E-state index contributed by atoms with van der Waals surface area (Å²) in [6.07, 6.45) is -5.47.